The fourth-order valence-corrected chi connectivity index (χ4v) is 5.18. The summed E-state index contributed by atoms with van der Waals surface area (Å²) in [5.41, 5.74) is 6.98. The lowest BCUT2D eigenvalue weighted by Crippen LogP contribution is -2.65. The first kappa shape index (κ1) is 20.5. The summed E-state index contributed by atoms with van der Waals surface area (Å²) < 4.78 is 22.5. The molecule has 0 N–H and O–H groups in total. The van der Waals surface area contributed by atoms with Gasteiger partial charge in [0, 0.05) is 36.2 Å². The van der Waals surface area contributed by atoms with Crippen molar-refractivity contribution in [1.82, 2.24) is 9.88 Å². The normalized spacial score (nSPS) is 18.5. The molecule has 0 aliphatic carbocycles. The van der Waals surface area contributed by atoms with Crippen LogP contribution in [-0.4, -0.2) is 56.5 Å². The predicted molar refractivity (Wildman–Crippen MR) is 126 cm³/mol. The zero-order valence-corrected chi connectivity index (χ0v) is 19.1. The highest BCUT2D eigenvalue weighted by atomic mass is 16.6. The highest BCUT2D eigenvalue weighted by molar-refractivity contribution is 5.78. The fraction of sp³-hybridized carbons (Fsp3) is 0.370. The lowest BCUT2D eigenvalue weighted by Gasteiger charge is -2.55. The molecule has 0 unspecified atom stereocenters. The number of nitrogens with zero attached hydrogens (tertiary/aromatic N) is 2. The van der Waals surface area contributed by atoms with Crippen molar-refractivity contribution in [3.05, 3.63) is 59.7 Å². The van der Waals surface area contributed by atoms with Crippen molar-refractivity contribution in [3.63, 3.8) is 0 Å². The van der Waals surface area contributed by atoms with E-state index < -0.39 is 0 Å². The molecule has 3 aliphatic rings. The van der Waals surface area contributed by atoms with E-state index in [0.717, 1.165) is 72.3 Å². The monoisotopic (exact) mass is 444 g/mol. The molecule has 3 aromatic rings. The van der Waals surface area contributed by atoms with Gasteiger partial charge in [0.15, 0.2) is 11.5 Å². The van der Waals surface area contributed by atoms with Crippen molar-refractivity contribution in [1.29, 1.82) is 0 Å². The predicted octanol–water partition coefficient (Wildman–Crippen LogP) is 4.34. The number of methoxy groups -OCH3 is 1. The summed E-state index contributed by atoms with van der Waals surface area (Å²) in [5, 5.41) is 0. The molecule has 0 atom stereocenters. The Labute approximate surface area is 194 Å². The van der Waals surface area contributed by atoms with Gasteiger partial charge in [0.2, 0.25) is 5.88 Å². The van der Waals surface area contributed by atoms with Crippen LogP contribution in [0.15, 0.2) is 48.5 Å². The Kier molecular flexibility index (Phi) is 5.00. The first-order valence-electron chi connectivity index (χ1n) is 11.5. The van der Waals surface area contributed by atoms with Gasteiger partial charge in [0.05, 0.1) is 26.0 Å². The van der Waals surface area contributed by atoms with Gasteiger partial charge in [-0.05, 0) is 41.8 Å². The number of pyridine rings is 1. The summed E-state index contributed by atoms with van der Waals surface area (Å²) in [7, 11) is 1.70. The second-order valence-corrected chi connectivity index (χ2v) is 9.34. The van der Waals surface area contributed by atoms with Crippen molar-refractivity contribution in [2.75, 3.05) is 46.6 Å². The third kappa shape index (κ3) is 3.63. The Bertz CT molecular complexity index is 1200. The van der Waals surface area contributed by atoms with Gasteiger partial charge in [-0.15, -0.1) is 0 Å². The Morgan fingerprint density at radius 2 is 1.76 bits per heavy atom. The average molecular weight is 445 g/mol. The molecule has 33 heavy (non-hydrogen) atoms. The SMILES string of the molecule is COc1nc(-c2cccc(-c3ccc4c(c3)OCCO4)c2C)ccc1CN1CC2(COC2)C1. The molecule has 2 saturated heterocycles. The number of fused-ring (bicyclic) bond motifs is 1. The third-order valence-electron chi connectivity index (χ3n) is 6.92. The molecule has 0 radical (unpaired) electrons. The maximum atomic E-state index is 5.79. The van der Waals surface area contributed by atoms with E-state index >= 15 is 0 Å². The van der Waals surface area contributed by atoms with Crippen molar-refractivity contribution in [2.45, 2.75) is 13.5 Å². The summed E-state index contributed by atoms with van der Waals surface area (Å²) in [6.07, 6.45) is 0. The summed E-state index contributed by atoms with van der Waals surface area (Å²) in [6, 6.07) is 16.7. The molecule has 6 nitrogen and oxygen atoms in total. The quantitative estimate of drug-likeness (QED) is 0.584. The minimum atomic E-state index is 0.409. The first-order chi connectivity index (χ1) is 16.1. The maximum Gasteiger partial charge on any atom is 0.218 e. The first-order valence-corrected chi connectivity index (χ1v) is 11.5. The van der Waals surface area contributed by atoms with Crippen LogP contribution in [0.25, 0.3) is 22.4 Å². The highest BCUT2D eigenvalue weighted by Gasteiger charge is 2.48. The van der Waals surface area contributed by atoms with Crippen LogP contribution in [0.4, 0.5) is 0 Å². The second-order valence-electron chi connectivity index (χ2n) is 9.34. The van der Waals surface area contributed by atoms with E-state index in [4.69, 9.17) is 23.9 Å². The van der Waals surface area contributed by atoms with Gasteiger partial charge in [0.25, 0.3) is 0 Å². The van der Waals surface area contributed by atoms with Crippen LogP contribution in [-0.2, 0) is 11.3 Å². The Hall–Kier alpha value is -3.09. The minimum Gasteiger partial charge on any atom is -0.486 e. The van der Waals surface area contributed by atoms with Crippen LogP contribution >= 0.6 is 0 Å². The van der Waals surface area contributed by atoms with Crippen LogP contribution in [0, 0.1) is 12.3 Å². The zero-order valence-electron chi connectivity index (χ0n) is 19.1. The lowest BCUT2D eigenvalue weighted by molar-refractivity contribution is -0.191. The zero-order chi connectivity index (χ0) is 22.4. The van der Waals surface area contributed by atoms with Crippen LogP contribution < -0.4 is 14.2 Å². The van der Waals surface area contributed by atoms with E-state index in [0.29, 0.717) is 24.5 Å². The van der Waals surface area contributed by atoms with E-state index in [2.05, 4.69) is 54.3 Å². The number of aromatic nitrogens is 1. The molecule has 1 aromatic heterocycles. The summed E-state index contributed by atoms with van der Waals surface area (Å²) in [4.78, 5) is 7.33. The molecule has 4 heterocycles. The molecule has 0 bridgehead atoms. The molecular formula is C27H28N2O4. The summed E-state index contributed by atoms with van der Waals surface area (Å²) >= 11 is 0. The van der Waals surface area contributed by atoms with Gasteiger partial charge in [-0.3, -0.25) is 4.90 Å². The minimum absolute atomic E-state index is 0.409. The number of benzene rings is 2. The van der Waals surface area contributed by atoms with Crippen LogP contribution in [0.2, 0.25) is 0 Å². The standard InChI is InChI=1S/C27H28N2O4/c1-18-21(19-7-9-24-25(12-19)33-11-10-32-24)4-3-5-22(18)23-8-6-20(26(28-23)30-2)13-29-14-27(15-29)16-31-17-27/h3-9,12H,10-11,13-17H2,1-2H3. The highest BCUT2D eigenvalue weighted by Crippen LogP contribution is 2.40. The Balaban J connectivity index is 1.28. The van der Waals surface area contributed by atoms with Crippen LogP contribution in [0.1, 0.15) is 11.1 Å². The largest absolute Gasteiger partial charge is 0.486 e. The van der Waals surface area contributed by atoms with E-state index in [1.54, 1.807) is 7.11 Å². The lowest BCUT2D eigenvalue weighted by atomic mass is 9.78. The third-order valence-corrected chi connectivity index (χ3v) is 6.92. The molecule has 0 saturated carbocycles. The van der Waals surface area contributed by atoms with E-state index in [9.17, 15) is 0 Å². The summed E-state index contributed by atoms with van der Waals surface area (Å²) in [5.74, 6) is 2.30. The van der Waals surface area contributed by atoms with Crippen molar-refractivity contribution < 1.29 is 18.9 Å². The van der Waals surface area contributed by atoms with E-state index in [-0.39, 0.29) is 0 Å². The molecule has 6 heteroatoms. The molecule has 3 aliphatic heterocycles. The van der Waals surface area contributed by atoms with Crippen molar-refractivity contribution >= 4 is 0 Å². The molecule has 2 fully saturated rings. The van der Waals surface area contributed by atoms with E-state index in [1.807, 2.05) is 6.07 Å². The number of hydrogen-bond donors (Lipinski definition) is 0. The number of ether oxygens (including phenoxy) is 4. The molecule has 170 valence electrons. The Morgan fingerprint density at radius 1 is 0.970 bits per heavy atom. The number of hydrogen-bond acceptors (Lipinski definition) is 6. The maximum absolute atomic E-state index is 5.79. The van der Waals surface area contributed by atoms with Gasteiger partial charge in [0.1, 0.15) is 13.2 Å². The molecule has 0 amide bonds. The topological polar surface area (TPSA) is 53.0 Å². The van der Waals surface area contributed by atoms with Crippen LogP contribution in [0.3, 0.4) is 0 Å². The van der Waals surface area contributed by atoms with Gasteiger partial charge >= 0.3 is 0 Å². The van der Waals surface area contributed by atoms with Gasteiger partial charge in [-0.25, -0.2) is 4.98 Å². The molecular weight excluding hydrogens is 416 g/mol. The van der Waals surface area contributed by atoms with Crippen LogP contribution in [0.5, 0.6) is 17.4 Å². The number of rotatable bonds is 5. The Morgan fingerprint density at radius 3 is 2.52 bits per heavy atom. The molecule has 6 rings (SSSR count). The smallest absolute Gasteiger partial charge is 0.218 e. The molecule has 2 aromatic carbocycles. The number of likely N-dealkylation sites (tertiary alicyclic amines) is 1. The van der Waals surface area contributed by atoms with Gasteiger partial charge in [-0.2, -0.15) is 0 Å². The fourth-order valence-electron chi connectivity index (χ4n) is 5.18. The van der Waals surface area contributed by atoms with Gasteiger partial charge < -0.3 is 18.9 Å². The second kappa shape index (κ2) is 8.04. The van der Waals surface area contributed by atoms with Crippen molar-refractivity contribution in [2.24, 2.45) is 5.41 Å². The van der Waals surface area contributed by atoms with Crippen molar-refractivity contribution in [3.8, 4) is 39.8 Å². The summed E-state index contributed by atoms with van der Waals surface area (Å²) in [6.45, 7) is 8.16. The van der Waals surface area contributed by atoms with Gasteiger partial charge in [-0.1, -0.05) is 30.3 Å². The van der Waals surface area contributed by atoms with E-state index in [1.165, 1.54) is 5.56 Å². The average Bonchev–Trinajstić information content (AvgIpc) is 2.80. The molecule has 1 spiro atoms.